The van der Waals surface area contributed by atoms with Gasteiger partial charge in [-0.25, -0.2) is 9.97 Å². The third-order valence-electron chi connectivity index (χ3n) is 2.65. The lowest BCUT2D eigenvalue weighted by molar-refractivity contribution is 0.597. The summed E-state index contributed by atoms with van der Waals surface area (Å²) >= 11 is 0. The summed E-state index contributed by atoms with van der Waals surface area (Å²) in [6.07, 6.45) is 4.18. The van der Waals surface area contributed by atoms with Crippen molar-refractivity contribution < 1.29 is 0 Å². The van der Waals surface area contributed by atoms with Crippen LogP contribution in [0.3, 0.4) is 0 Å². The minimum atomic E-state index is 0.792. The number of hydrogen-bond donors (Lipinski definition) is 1. The SMILES string of the molecule is CCCCn1c(CNC)nc2cccnc21. The van der Waals surface area contributed by atoms with Crippen LogP contribution in [0.2, 0.25) is 0 Å². The molecule has 0 fully saturated rings. The quantitative estimate of drug-likeness (QED) is 0.834. The molecule has 0 bridgehead atoms. The van der Waals surface area contributed by atoms with Gasteiger partial charge in [-0.1, -0.05) is 13.3 Å². The van der Waals surface area contributed by atoms with Crippen molar-refractivity contribution in [3.8, 4) is 0 Å². The second kappa shape index (κ2) is 5.07. The predicted octanol–water partition coefficient (Wildman–Crippen LogP) is 1.95. The molecule has 0 spiro atoms. The Bertz CT molecular complexity index is 461. The van der Waals surface area contributed by atoms with E-state index < -0.39 is 0 Å². The average Bonchev–Trinajstić information content (AvgIpc) is 2.65. The van der Waals surface area contributed by atoms with Gasteiger partial charge in [0.2, 0.25) is 0 Å². The van der Waals surface area contributed by atoms with E-state index in [0.29, 0.717) is 0 Å². The van der Waals surface area contributed by atoms with Crippen molar-refractivity contribution in [3.05, 3.63) is 24.2 Å². The van der Waals surface area contributed by atoms with E-state index in [2.05, 4.69) is 26.8 Å². The van der Waals surface area contributed by atoms with Crippen molar-refractivity contribution >= 4 is 11.2 Å². The Kier molecular flexibility index (Phi) is 3.51. The Labute approximate surface area is 95.7 Å². The maximum absolute atomic E-state index is 4.59. The highest BCUT2D eigenvalue weighted by atomic mass is 15.1. The molecule has 0 atom stereocenters. The van der Waals surface area contributed by atoms with Gasteiger partial charge in [0, 0.05) is 12.7 Å². The number of nitrogens with zero attached hydrogens (tertiary/aromatic N) is 3. The van der Waals surface area contributed by atoms with Crippen molar-refractivity contribution in [1.82, 2.24) is 19.9 Å². The second-order valence-electron chi connectivity index (χ2n) is 3.91. The molecule has 2 rings (SSSR count). The fraction of sp³-hybridized carbons (Fsp3) is 0.500. The predicted molar refractivity (Wildman–Crippen MR) is 65.2 cm³/mol. The van der Waals surface area contributed by atoms with Crippen LogP contribution in [0.4, 0.5) is 0 Å². The number of hydrogen-bond acceptors (Lipinski definition) is 3. The van der Waals surface area contributed by atoms with E-state index in [1.807, 2.05) is 25.4 Å². The molecule has 2 aromatic rings. The summed E-state index contributed by atoms with van der Waals surface area (Å²) in [5.41, 5.74) is 1.99. The van der Waals surface area contributed by atoms with Crippen LogP contribution in [0.1, 0.15) is 25.6 Å². The van der Waals surface area contributed by atoms with Crippen LogP contribution in [-0.2, 0) is 13.1 Å². The molecule has 4 nitrogen and oxygen atoms in total. The molecule has 4 heteroatoms. The molecule has 0 aliphatic carbocycles. The molecular formula is C12H18N4. The Balaban J connectivity index is 2.42. The zero-order chi connectivity index (χ0) is 11.4. The minimum absolute atomic E-state index is 0.792. The number of rotatable bonds is 5. The summed E-state index contributed by atoms with van der Waals surface area (Å²) in [7, 11) is 1.94. The number of aromatic nitrogens is 3. The summed E-state index contributed by atoms with van der Waals surface area (Å²) in [4.78, 5) is 9.00. The van der Waals surface area contributed by atoms with E-state index in [9.17, 15) is 0 Å². The molecule has 0 radical (unpaired) electrons. The molecule has 0 aromatic carbocycles. The topological polar surface area (TPSA) is 42.7 Å². The van der Waals surface area contributed by atoms with Crippen LogP contribution in [0.25, 0.3) is 11.2 Å². The van der Waals surface area contributed by atoms with E-state index in [-0.39, 0.29) is 0 Å². The molecule has 2 heterocycles. The standard InChI is InChI=1S/C12H18N4/c1-3-4-8-16-11(9-13-2)15-10-6-5-7-14-12(10)16/h5-7,13H,3-4,8-9H2,1-2H3. The fourth-order valence-electron chi connectivity index (χ4n) is 1.85. The normalized spacial score (nSPS) is 11.1. The summed E-state index contributed by atoms with van der Waals surface area (Å²) in [5.74, 6) is 1.07. The third kappa shape index (κ3) is 2.07. The van der Waals surface area contributed by atoms with Gasteiger partial charge in [0.05, 0.1) is 6.54 Å². The highest BCUT2D eigenvalue weighted by molar-refractivity contribution is 5.71. The maximum atomic E-state index is 4.59. The molecule has 1 N–H and O–H groups in total. The largest absolute Gasteiger partial charge is 0.313 e. The van der Waals surface area contributed by atoms with Crippen LogP contribution in [0, 0.1) is 0 Å². The lowest BCUT2D eigenvalue weighted by atomic mass is 10.3. The van der Waals surface area contributed by atoms with Gasteiger partial charge in [0.15, 0.2) is 5.65 Å². The van der Waals surface area contributed by atoms with Crippen LogP contribution in [0.15, 0.2) is 18.3 Å². The summed E-state index contributed by atoms with van der Waals surface area (Å²) in [6.45, 7) is 3.99. The van der Waals surface area contributed by atoms with Crippen molar-refractivity contribution in [1.29, 1.82) is 0 Å². The van der Waals surface area contributed by atoms with Gasteiger partial charge in [0.25, 0.3) is 0 Å². The van der Waals surface area contributed by atoms with Crippen molar-refractivity contribution in [2.75, 3.05) is 7.05 Å². The van der Waals surface area contributed by atoms with Crippen LogP contribution < -0.4 is 5.32 Å². The number of aryl methyl sites for hydroxylation is 1. The Morgan fingerprint density at radius 1 is 1.44 bits per heavy atom. The summed E-state index contributed by atoms with van der Waals surface area (Å²) < 4.78 is 2.22. The second-order valence-corrected chi connectivity index (χ2v) is 3.91. The van der Waals surface area contributed by atoms with E-state index in [4.69, 9.17) is 0 Å². The first-order chi connectivity index (χ1) is 7.86. The average molecular weight is 218 g/mol. The van der Waals surface area contributed by atoms with Gasteiger partial charge in [-0.05, 0) is 25.6 Å². The van der Waals surface area contributed by atoms with Crippen LogP contribution in [-0.4, -0.2) is 21.6 Å². The van der Waals surface area contributed by atoms with Crippen LogP contribution >= 0.6 is 0 Å². The Morgan fingerprint density at radius 3 is 3.06 bits per heavy atom. The monoisotopic (exact) mass is 218 g/mol. The first-order valence-electron chi connectivity index (χ1n) is 5.81. The highest BCUT2D eigenvalue weighted by Crippen LogP contribution is 2.14. The lowest BCUT2D eigenvalue weighted by Crippen LogP contribution is -2.12. The van der Waals surface area contributed by atoms with Gasteiger partial charge < -0.3 is 9.88 Å². The number of imidazole rings is 1. The van der Waals surface area contributed by atoms with Crippen molar-refractivity contribution in [2.24, 2.45) is 0 Å². The number of unbranched alkanes of at least 4 members (excludes halogenated alkanes) is 1. The van der Waals surface area contributed by atoms with Crippen LogP contribution in [0.5, 0.6) is 0 Å². The zero-order valence-electron chi connectivity index (χ0n) is 9.90. The first-order valence-corrected chi connectivity index (χ1v) is 5.81. The van der Waals surface area contributed by atoms with E-state index in [1.54, 1.807) is 0 Å². The maximum Gasteiger partial charge on any atom is 0.160 e. The van der Waals surface area contributed by atoms with Gasteiger partial charge in [-0.15, -0.1) is 0 Å². The molecule has 0 saturated carbocycles. The molecule has 0 amide bonds. The third-order valence-corrected chi connectivity index (χ3v) is 2.65. The molecule has 2 aromatic heterocycles. The van der Waals surface area contributed by atoms with Crippen molar-refractivity contribution in [2.45, 2.75) is 32.9 Å². The molecule has 0 aliphatic rings. The first kappa shape index (κ1) is 11.1. The Morgan fingerprint density at radius 2 is 2.31 bits per heavy atom. The lowest BCUT2D eigenvalue weighted by Gasteiger charge is -2.06. The van der Waals surface area contributed by atoms with Crippen molar-refractivity contribution in [3.63, 3.8) is 0 Å². The summed E-state index contributed by atoms with van der Waals surface area (Å²) in [6, 6.07) is 3.95. The fourth-order valence-corrected chi connectivity index (χ4v) is 1.85. The molecule has 86 valence electrons. The van der Waals surface area contributed by atoms with Gasteiger partial charge in [-0.3, -0.25) is 0 Å². The molecule has 0 saturated heterocycles. The minimum Gasteiger partial charge on any atom is -0.313 e. The van der Waals surface area contributed by atoms with Gasteiger partial charge >= 0.3 is 0 Å². The molecular weight excluding hydrogens is 200 g/mol. The number of pyridine rings is 1. The Hall–Kier alpha value is -1.42. The zero-order valence-corrected chi connectivity index (χ0v) is 9.90. The molecule has 16 heavy (non-hydrogen) atoms. The van der Waals surface area contributed by atoms with E-state index in [1.165, 1.54) is 12.8 Å². The van der Waals surface area contributed by atoms with E-state index >= 15 is 0 Å². The van der Waals surface area contributed by atoms with Gasteiger partial charge in [0.1, 0.15) is 11.3 Å². The summed E-state index contributed by atoms with van der Waals surface area (Å²) in [5, 5.41) is 3.15. The number of fused-ring (bicyclic) bond motifs is 1. The van der Waals surface area contributed by atoms with E-state index in [0.717, 1.165) is 30.1 Å². The highest BCUT2D eigenvalue weighted by Gasteiger charge is 2.09. The molecule has 0 unspecified atom stereocenters. The number of nitrogens with one attached hydrogen (secondary N) is 1. The molecule has 0 aliphatic heterocycles. The smallest absolute Gasteiger partial charge is 0.160 e. The van der Waals surface area contributed by atoms with Gasteiger partial charge in [-0.2, -0.15) is 0 Å².